The second-order valence-electron chi connectivity index (χ2n) is 6.72. The van der Waals surface area contributed by atoms with Crippen LogP contribution >= 0.6 is 24.0 Å². The number of alkyl halides is 3. The van der Waals surface area contributed by atoms with Gasteiger partial charge in [-0.15, -0.1) is 24.0 Å². The van der Waals surface area contributed by atoms with Crippen LogP contribution in [0.3, 0.4) is 0 Å². The summed E-state index contributed by atoms with van der Waals surface area (Å²) in [6, 6.07) is 8.37. The molecule has 154 valence electrons. The van der Waals surface area contributed by atoms with E-state index in [2.05, 4.69) is 44.8 Å². The van der Waals surface area contributed by atoms with Crippen LogP contribution < -0.4 is 10.6 Å². The van der Waals surface area contributed by atoms with Crippen LogP contribution in [0.2, 0.25) is 0 Å². The molecule has 0 unspecified atom stereocenters. The zero-order valence-electron chi connectivity index (χ0n) is 15.8. The first-order valence-electron chi connectivity index (χ1n) is 9.28. The zero-order chi connectivity index (χ0) is 18.8. The fraction of sp³-hybridized carbons (Fsp3) is 0.632. The number of rotatable bonds is 6. The Hall–Kier alpha value is -1.03. The molecule has 1 saturated heterocycles. The molecule has 1 fully saturated rings. The lowest BCUT2D eigenvalue weighted by atomic mass is 10.1. The quantitative estimate of drug-likeness (QED) is 0.349. The van der Waals surface area contributed by atoms with Gasteiger partial charge in [-0.25, -0.2) is 0 Å². The van der Waals surface area contributed by atoms with Gasteiger partial charge in [-0.1, -0.05) is 37.1 Å². The number of nitrogens with zero attached hydrogens (tertiary/aromatic N) is 2. The molecule has 1 heterocycles. The fourth-order valence-corrected chi connectivity index (χ4v) is 3.04. The Kier molecular flexibility index (Phi) is 11.1. The average Bonchev–Trinajstić information content (AvgIpc) is 2.87. The third kappa shape index (κ3) is 10.2. The van der Waals surface area contributed by atoms with E-state index in [9.17, 15) is 13.2 Å². The van der Waals surface area contributed by atoms with E-state index < -0.39 is 12.6 Å². The van der Waals surface area contributed by atoms with Crippen molar-refractivity contribution in [1.82, 2.24) is 15.5 Å². The van der Waals surface area contributed by atoms with E-state index in [1.165, 1.54) is 44.3 Å². The van der Waals surface area contributed by atoms with Gasteiger partial charge in [0.25, 0.3) is 0 Å². The van der Waals surface area contributed by atoms with E-state index in [1.807, 2.05) is 0 Å². The molecule has 0 atom stereocenters. The molecule has 0 saturated carbocycles. The van der Waals surface area contributed by atoms with E-state index in [1.54, 1.807) is 7.05 Å². The first-order chi connectivity index (χ1) is 12.5. The summed E-state index contributed by atoms with van der Waals surface area (Å²) in [5, 5.41) is 5.72. The van der Waals surface area contributed by atoms with E-state index in [-0.39, 0.29) is 30.5 Å². The maximum absolute atomic E-state index is 12.2. The molecule has 1 aliphatic heterocycles. The standard InChI is InChI=1S/C19H29F3N4.HI/c1-23-18(24-11-10-19(20,21)22)25-14-16-6-8-17(9-7-16)15-26-12-4-2-3-5-13-26;/h6-9H,2-5,10-15H2,1H3,(H2,23,24,25);1H. The van der Waals surface area contributed by atoms with Crippen LogP contribution in [-0.4, -0.2) is 43.7 Å². The number of halogens is 4. The van der Waals surface area contributed by atoms with Gasteiger partial charge < -0.3 is 10.6 Å². The van der Waals surface area contributed by atoms with Crippen molar-refractivity contribution in [2.45, 2.75) is 51.4 Å². The van der Waals surface area contributed by atoms with Crippen molar-refractivity contribution >= 4 is 29.9 Å². The minimum Gasteiger partial charge on any atom is -0.356 e. The number of nitrogens with one attached hydrogen (secondary N) is 2. The molecule has 0 aromatic heterocycles. The second kappa shape index (κ2) is 12.4. The summed E-state index contributed by atoms with van der Waals surface area (Å²) < 4.78 is 36.6. The summed E-state index contributed by atoms with van der Waals surface area (Å²) in [6.45, 7) is 3.66. The van der Waals surface area contributed by atoms with Gasteiger partial charge in [0, 0.05) is 26.7 Å². The fourth-order valence-electron chi connectivity index (χ4n) is 3.04. The third-order valence-corrected chi connectivity index (χ3v) is 4.51. The molecule has 27 heavy (non-hydrogen) atoms. The number of likely N-dealkylation sites (tertiary alicyclic amines) is 1. The molecule has 0 aliphatic carbocycles. The van der Waals surface area contributed by atoms with Crippen molar-refractivity contribution in [3.63, 3.8) is 0 Å². The van der Waals surface area contributed by atoms with Gasteiger partial charge >= 0.3 is 6.18 Å². The molecule has 0 bridgehead atoms. The highest BCUT2D eigenvalue weighted by Crippen LogP contribution is 2.18. The van der Waals surface area contributed by atoms with Crippen molar-refractivity contribution in [2.24, 2.45) is 4.99 Å². The summed E-state index contributed by atoms with van der Waals surface area (Å²) in [5.41, 5.74) is 2.37. The lowest BCUT2D eigenvalue weighted by Gasteiger charge is -2.20. The Morgan fingerprint density at radius 1 is 1.00 bits per heavy atom. The first-order valence-corrected chi connectivity index (χ1v) is 9.28. The predicted molar refractivity (Wildman–Crippen MR) is 114 cm³/mol. The van der Waals surface area contributed by atoms with Crippen LogP contribution in [0.5, 0.6) is 0 Å². The summed E-state index contributed by atoms with van der Waals surface area (Å²) in [7, 11) is 1.55. The van der Waals surface area contributed by atoms with Gasteiger partial charge in [0.15, 0.2) is 5.96 Å². The van der Waals surface area contributed by atoms with Crippen molar-refractivity contribution in [1.29, 1.82) is 0 Å². The number of guanidine groups is 1. The highest BCUT2D eigenvalue weighted by molar-refractivity contribution is 14.0. The van der Waals surface area contributed by atoms with Gasteiger partial charge in [0.2, 0.25) is 0 Å². The lowest BCUT2D eigenvalue weighted by Crippen LogP contribution is -2.38. The maximum Gasteiger partial charge on any atom is 0.390 e. The monoisotopic (exact) mass is 498 g/mol. The number of hydrogen-bond acceptors (Lipinski definition) is 2. The van der Waals surface area contributed by atoms with Crippen molar-refractivity contribution in [3.05, 3.63) is 35.4 Å². The summed E-state index contributed by atoms with van der Waals surface area (Å²) >= 11 is 0. The maximum atomic E-state index is 12.2. The Bertz CT molecular complexity index is 553. The van der Waals surface area contributed by atoms with Crippen LogP contribution in [0.1, 0.15) is 43.2 Å². The zero-order valence-corrected chi connectivity index (χ0v) is 18.1. The molecule has 1 aromatic rings. The average molecular weight is 498 g/mol. The van der Waals surface area contributed by atoms with Gasteiger partial charge in [-0.2, -0.15) is 13.2 Å². The van der Waals surface area contributed by atoms with E-state index in [0.29, 0.717) is 12.5 Å². The molecule has 2 N–H and O–H groups in total. The minimum atomic E-state index is -4.16. The Morgan fingerprint density at radius 3 is 2.15 bits per heavy atom. The van der Waals surface area contributed by atoms with Crippen molar-refractivity contribution < 1.29 is 13.2 Å². The predicted octanol–water partition coefficient (Wildman–Crippen LogP) is 4.30. The first kappa shape index (κ1) is 24.0. The molecule has 0 spiro atoms. The van der Waals surface area contributed by atoms with Crippen LogP contribution in [0.25, 0.3) is 0 Å². The molecule has 1 aromatic carbocycles. The largest absolute Gasteiger partial charge is 0.390 e. The third-order valence-electron chi connectivity index (χ3n) is 4.51. The van der Waals surface area contributed by atoms with E-state index in [0.717, 1.165) is 12.1 Å². The number of benzene rings is 1. The van der Waals surface area contributed by atoms with Crippen molar-refractivity contribution in [2.75, 3.05) is 26.7 Å². The van der Waals surface area contributed by atoms with E-state index in [4.69, 9.17) is 0 Å². The minimum absolute atomic E-state index is 0. The second-order valence-corrected chi connectivity index (χ2v) is 6.72. The Morgan fingerprint density at radius 2 is 1.59 bits per heavy atom. The van der Waals surface area contributed by atoms with Crippen molar-refractivity contribution in [3.8, 4) is 0 Å². The smallest absolute Gasteiger partial charge is 0.356 e. The Balaban J connectivity index is 0.00000364. The van der Waals surface area contributed by atoms with Crippen LogP contribution in [0.4, 0.5) is 13.2 Å². The summed E-state index contributed by atoms with van der Waals surface area (Å²) in [4.78, 5) is 6.45. The highest BCUT2D eigenvalue weighted by atomic mass is 127. The number of hydrogen-bond donors (Lipinski definition) is 2. The molecular weight excluding hydrogens is 468 g/mol. The molecule has 0 radical (unpaired) electrons. The molecule has 2 rings (SSSR count). The molecule has 4 nitrogen and oxygen atoms in total. The molecular formula is C19H30F3IN4. The van der Waals surface area contributed by atoms with Gasteiger partial charge in [-0.05, 0) is 37.1 Å². The van der Waals surface area contributed by atoms with E-state index >= 15 is 0 Å². The molecule has 1 aliphatic rings. The summed E-state index contributed by atoms with van der Waals surface area (Å²) in [6.07, 6.45) is 0.192. The Labute approximate surface area is 177 Å². The SMILES string of the molecule is CN=C(NCCC(F)(F)F)NCc1ccc(CN2CCCCCC2)cc1.I. The highest BCUT2D eigenvalue weighted by Gasteiger charge is 2.26. The number of aliphatic imine (C=N–C) groups is 1. The topological polar surface area (TPSA) is 39.7 Å². The van der Waals surface area contributed by atoms with Gasteiger partial charge in [0.05, 0.1) is 6.42 Å². The van der Waals surface area contributed by atoms with Crippen LogP contribution in [0.15, 0.2) is 29.3 Å². The molecule has 0 amide bonds. The van der Waals surface area contributed by atoms with Crippen LogP contribution in [0, 0.1) is 0 Å². The summed E-state index contributed by atoms with van der Waals surface area (Å²) in [5.74, 6) is 0.378. The van der Waals surface area contributed by atoms with Gasteiger partial charge in [-0.3, -0.25) is 9.89 Å². The lowest BCUT2D eigenvalue weighted by molar-refractivity contribution is -0.132. The molecule has 8 heteroatoms. The van der Waals surface area contributed by atoms with Crippen LogP contribution in [-0.2, 0) is 13.1 Å². The normalized spacial score (nSPS) is 16.4. The van der Waals surface area contributed by atoms with Gasteiger partial charge in [0.1, 0.15) is 0 Å².